The molecule has 1 fully saturated rings. The SMILES string of the molecule is CN1CCN(C(=O)C2=CC3=C(c4cn[nH]c4)C=CCCC3=C2)CC1. The van der Waals surface area contributed by atoms with E-state index in [4.69, 9.17) is 0 Å². The molecule has 0 saturated carbocycles. The van der Waals surface area contributed by atoms with Gasteiger partial charge in [0.15, 0.2) is 0 Å². The second-order valence-electron chi connectivity index (χ2n) is 6.62. The van der Waals surface area contributed by atoms with Gasteiger partial charge in [-0.05, 0) is 48.8 Å². The number of H-pyrrole nitrogens is 1. The molecule has 1 aromatic heterocycles. The van der Waals surface area contributed by atoms with Crippen molar-refractivity contribution < 1.29 is 4.79 Å². The molecule has 5 nitrogen and oxygen atoms in total. The van der Waals surface area contributed by atoms with Crippen molar-refractivity contribution in [3.05, 3.63) is 59.0 Å². The number of likely N-dealkylation sites (N-methyl/N-ethyl adjacent to an activating group) is 1. The van der Waals surface area contributed by atoms with Crippen LogP contribution in [0.5, 0.6) is 0 Å². The smallest absolute Gasteiger partial charge is 0.253 e. The number of amides is 1. The molecule has 0 radical (unpaired) electrons. The molecule has 5 heteroatoms. The number of hydrogen-bond donors (Lipinski definition) is 1. The zero-order chi connectivity index (χ0) is 16.5. The first-order valence-corrected chi connectivity index (χ1v) is 8.53. The molecule has 1 N–H and O–H groups in total. The lowest BCUT2D eigenvalue weighted by Gasteiger charge is -2.32. The first-order valence-electron chi connectivity index (χ1n) is 8.53. The number of nitrogens with zero attached hydrogens (tertiary/aromatic N) is 3. The molecule has 24 heavy (non-hydrogen) atoms. The van der Waals surface area contributed by atoms with Gasteiger partial charge < -0.3 is 9.80 Å². The summed E-state index contributed by atoms with van der Waals surface area (Å²) in [4.78, 5) is 17.1. The van der Waals surface area contributed by atoms with Crippen LogP contribution in [-0.2, 0) is 4.79 Å². The van der Waals surface area contributed by atoms with Gasteiger partial charge in [0.25, 0.3) is 5.91 Å². The highest BCUT2D eigenvalue weighted by molar-refractivity contribution is 6.00. The summed E-state index contributed by atoms with van der Waals surface area (Å²) in [6.07, 6.45) is 14.2. The number of piperazine rings is 1. The minimum atomic E-state index is 0.159. The van der Waals surface area contributed by atoms with Gasteiger partial charge in [0, 0.05) is 43.5 Å². The predicted octanol–water partition coefficient (Wildman–Crippen LogP) is 2.15. The lowest BCUT2D eigenvalue weighted by atomic mass is 9.98. The van der Waals surface area contributed by atoms with E-state index in [1.807, 2.05) is 17.3 Å². The van der Waals surface area contributed by atoms with Crippen molar-refractivity contribution in [2.45, 2.75) is 12.8 Å². The van der Waals surface area contributed by atoms with Crippen LogP contribution in [0.2, 0.25) is 0 Å². The number of aromatic amines is 1. The Hall–Kier alpha value is -2.40. The minimum absolute atomic E-state index is 0.159. The van der Waals surface area contributed by atoms with Gasteiger partial charge in [-0.15, -0.1) is 0 Å². The van der Waals surface area contributed by atoms with Crippen LogP contribution in [0.4, 0.5) is 0 Å². The standard InChI is InChI=1S/C19H22N4O/c1-22-6-8-23(9-7-22)19(24)15-10-14-4-2-3-5-17(18(14)11-15)16-12-20-21-13-16/h3,5,10-13H,2,4,6-9H2,1H3,(H,20,21). The second-order valence-corrected chi connectivity index (χ2v) is 6.62. The Morgan fingerprint density at radius 3 is 2.75 bits per heavy atom. The monoisotopic (exact) mass is 322 g/mol. The lowest BCUT2D eigenvalue weighted by Crippen LogP contribution is -2.47. The van der Waals surface area contributed by atoms with Crippen LogP contribution in [0.1, 0.15) is 18.4 Å². The average Bonchev–Trinajstić information content (AvgIpc) is 3.22. The van der Waals surface area contributed by atoms with Crippen LogP contribution >= 0.6 is 0 Å². The molecule has 4 rings (SSSR count). The van der Waals surface area contributed by atoms with E-state index >= 15 is 0 Å². The number of fused-ring (bicyclic) bond motifs is 1. The van der Waals surface area contributed by atoms with Gasteiger partial charge in [0.2, 0.25) is 0 Å². The number of nitrogens with one attached hydrogen (secondary N) is 1. The highest BCUT2D eigenvalue weighted by atomic mass is 16.2. The molecule has 0 spiro atoms. The van der Waals surface area contributed by atoms with Gasteiger partial charge in [-0.3, -0.25) is 9.89 Å². The van der Waals surface area contributed by atoms with Gasteiger partial charge in [0.1, 0.15) is 0 Å². The Morgan fingerprint density at radius 1 is 1.17 bits per heavy atom. The highest BCUT2D eigenvalue weighted by Crippen LogP contribution is 2.36. The van der Waals surface area contributed by atoms with Gasteiger partial charge in [-0.25, -0.2) is 0 Å². The van der Waals surface area contributed by atoms with Crippen LogP contribution in [0.15, 0.2) is 53.4 Å². The number of carbonyl (C=O) groups is 1. The second kappa shape index (κ2) is 6.24. The maximum atomic E-state index is 12.9. The first kappa shape index (κ1) is 15.1. The molecule has 0 bridgehead atoms. The van der Waals surface area contributed by atoms with Crippen molar-refractivity contribution in [1.29, 1.82) is 0 Å². The van der Waals surface area contributed by atoms with E-state index in [1.54, 1.807) is 0 Å². The largest absolute Gasteiger partial charge is 0.336 e. The Morgan fingerprint density at radius 2 is 2.00 bits per heavy atom. The molecule has 1 aliphatic heterocycles. The maximum absolute atomic E-state index is 12.9. The van der Waals surface area contributed by atoms with Gasteiger partial charge in [-0.1, -0.05) is 12.2 Å². The molecule has 1 aromatic rings. The molecular formula is C19H22N4O. The van der Waals surface area contributed by atoms with Gasteiger partial charge >= 0.3 is 0 Å². The van der Waals surface area contributed by atoms with E-state index < -0.39 is 0 Å². The zero-order valence-electron chi connectivity index (χ0n) is 14.0. The highest BCUT2D eigenvalue weighted by Gasteiger charge is 2.26. The normalized spacial score (nSPS) is 21.5. The van der Waals surface area contributed by atoms with Gasteiger partial charge in [-0.2, -0.15) is 5.10 Å². The van der Waals surface area contributed by atoms with Crippen molar-refractivity contribution in [3.8, 4) is 0 Å². The molecule has 2 heterocycles. The molecular weight excluding hydrogens is 300 g/mol. The molecule has 3 aliphatic rings. The van der Waals surface area contributed by atoms with E-state index in [2.05, 4.69) is 46.4 Å². The van der Waals surface area contributed by atoms with Crippen LogP contribution in [-0.4, -0.2) is 59.1 Å². The zero-order valence-corrected chi connectivity index (χ0v) is 14.0. The summed E-state index contributed by atoms with van der Waals surface area (Å²) in [6, 6.07) is 0. The summed E-state index contributed by atoms with van der Waals surface area (Å²) >= 11 is 0. The molecule has 1 amide bonds. The number of carbonyl (C=O) groups excluding carboxylic acids is 1. The fraction of sp³-hybridized carbons (Fsp3) is 0.368. The van der Waals surface area contributed by atoms with Gasteiger partial charge in [0.05, 0.1) is 6.20 Å². The summed E-state index contributed by atoms with van der Waals surface area (Å²) in [5.41, 5.74) is 5.46. The van der Waals surface area contributed by atoms with E-state index in [0.29, 0.717) is 0 Å². The summed E-state index contributed by atoms with van der Waals surface area (Å²) in [7, 11) is 2.10. The number of rotatable bonds is 2. The maximum Gasteiger partial charge on any atom is 0.253 e. The predicted molar refractivity (Wildman–Crippen MR) is 94.1 cm³/mol. The van der Waals surface area contributed by atoms with Crippen LogP contribution < -0.4 is 0 Å². The third-order valence-corrected chi connectivity index (χ3v) is 4.98. The lowest BCUT2D eigenvalue weighted by molar-refractivity contribution is -0.128. The summed E-state index contributed by atoms with van der Waals surface area (Å²) in [5.74, 6) is 0.159. The Kier molecular flexibility index (Phi) is 3.94. The summed E-state index contributed by atoms with van der Waals surface area (Å²) in [6.45, 7) is 3.51. The van der Waals surface area contributed by atoms with E-state index in [0.717, 1.165) is 55.7 Å². The van der Waals surface area contributed by atoms with Crippen molar-refractivity contribution in [3.63, 3.8) is 0 Å². The summed E-state index contributed by atoms with van der Waals surface area (Å²) < 4.78 is 0. The van der Waals surface area contributed by atoms with Crippen LogP contribution in [0, 0.1) is 0 Å². The van der Waals surface area contributed by atoms with E-state index in [1.165, 1.54) is 11.1 Å². The van der Waals surface area contributed by atoms with E-state index in [-0.39, 0.29) is 5.91 Å². The fourth-order valence-electron chi connectivity index (χ4n) is 3.51. The van der Waals surface area contributed by atoms with Crippen molar-refractivity contribution >= 4 is 11.5 Å². The molecule has 1 saturated heterocycles. The average molecular weight is 322 g/mol. The number of aromatic nitrogens is 2. The third kappa shape index (κ3) is 2.76. The Labute approximate surface area is 142 Å². The van der Waals surface area contributed by atoms with Crippen molar-refractivity contribution in [2.24, 2.45) is 0 Å². The molecule has 0 unspecified atom stereocenters. The summed E-state index contributed by atoms with van der Waals surface area (Å²) in [5, 5.41) is 6.94. The molecule has 0 atom stereocenters. The van der Waals surface area contributed by atoms with Crippen LogP contribution in [0.3, 0.4) is 0 Å². The number of allylic oxidation sites excluding steroid dienone is 6. The quantitative estimate of drug-likeness (QED) is 0.908. The third-order valence-electron chi connectivity index (χ3n) is 4.98. The minimum Gasteiger partial charge on any atom is -0.336 e. The molecule has 0 aromatic carbocycles. The number of hydrogen-bond acceptors (Lipinski definition) is 3. The Bertz CT molecular complexity index is 759. The first-order chi connectivity index (χ1) is 11.7. The van der Waals surface area contributed by atoms with Crippen LogP contribution in [0.25, 0.3) is 5.57 Å². The van der Waals surface area contributed by atoms with Crippen molar-refractivity contribution in [1.82, 2.24) is 20.0 Å². The Balaban J connectivity index is 1.66. The molecule has 124 valence electrons. The fourth-order valence-corrected chi connectivity index (χ4v) is 3.51. The molecule has 2 aliphatic carbocycles. The van der Waals surface area contributed by atoms with Crippen molar-refractivity contribution in [2.75, 3.05) is 33.2 Å². The van der Waals surface area contributed by atoms with E-state index in [9.17, 15) is 4.79 Å². The topological polar surface area (TPSA) is 52.2 Å².